The number of benzene rings is 1. The van der Waals surface area contributed by atoms with Crippen LogP contribution >= 0.6 is 0 Å². The van der Waals surface area contributed by atoms with Gasteiger partial charge in [-0.1, -0.05) is 52.8 Å². The number of hydrogen-bond acceptors (Lipinski definition) is 2. The Kier molecular flexibility index (Phi) is 7.68. The van der Waals surface area contributed by atoms with Crippen molar-refractivity contribution in [1.29, 1.82) is 0 Å². The zero-order valence-electron chi connectivity index (χ0n) is 13.8. The Morgan fingerprint density at radius 3 is 2.40 bits per heavy atom. The van der Waals surface area contributed by atoms with E-state index in [1.807, 2.05) is 0 Å². The number of hydrogen-bond donors (Lipinski definition) is 1. The smallest absolute Gasteiger partial charge is 0.123 e. The van der Waals surface area contributed by atoms with E-state index in [1.165, 1.54) is 5.56 Å². The van der Waals surface area contributed by atoms with E-state index < -0.39 is 0 Å². The third-order valence-electron chi connectivity index (χ3n) is 3.86. The lowest BCUT2D eigenvalue weighted by molar-refractivity contribution is 0.147. The predicted molar refractivity (Wildman–Crippen MR) is 87.6 cm³/mol. The second kappa shape index (κ2) is 9.02. The number of para-hydroxylation sites is 1. The lowest BCUT2D eigenvalue weighted by atomic mass is 9.97. The van der Waals surface area contributed by atoms with Gasteiger partial charge in [-0.25, -0.2) is 0 Å². The van der Waals surface area contributed by atoms with E-state index in [-0.39, 0.29) is 6.10 Å². The molecule has 2 nitrogen and oxygen atoms in total. The highest BCUT2D eigenvalue weighted by molar-refractivity contribution is 5.36. The number of nitrogens with one attached hydrogen (secondary N) is 1. The Morgan fingerprint density at radius 2 is 1.80 bits per heavy atom. The minimum atomic E-state index is 0.228. The molecule has 0 fully saturated rings. The monoisotopic (exact) mass is 277 g/mol. The molecule has 1 aromatic rings. The fourth-order valence-electron chi connectivity index (χ4n) is 2.21. The summed E-state index contributed by atoms with van der Waals surface area (Å²) in [7, 11) is 0. The van der Waals surface area contributed by atoms with Crippen LogP contribution in [0.4, 0.5) is 0 Å². The van der Waals surface area contributed by atoms with E-state index in [0.29, 0.717) is 11.8 Å². The van der Waals surface area contributed by atoms with Gasteiger partial charge in [0, 0.05) is 6.54 Å². The lowest BCUT2D eigenvalue weighted by Gasteiger charge is -2.25. The second-order valence-corrected chi connectivity index (χ2v) is 5.95. The Hall–Kier alpha value is -1.02. The summed E-state index contributed by atoms with van der Waals surface area (Å²) in [5, 5.41) is 3.47. The fourth-order valence-corrected chi connectivity index (χ4v) is 2.21. The normalized spacial score (nSPS) is 14.3. The minimum Gasteiger partial charge on any atom is -0.489 e. The quantitative estimate of drug-likeness (QED) is 0.666. The summed E-state index contributed by atoms with van der Waals surface area (Å²) in [6, 6.07) is 8.48. The summed E-state index contributed by atoms with van der Waals surface area (Å²) in [6.45, 7) is 13.1. The first kappa shape index (κ1) is 17.0. The molecule has 20 heavy (non-hydrogen) atoms. The van der Waals surface area contributed by atoms with Gasteiger partial charge in [0.1, 0.15) is 11.9 Å². The summed E-state index contributed by atoms with van der Waals surface area (Å²) < 4.78 is 6.31. The number of rotatable bonds is 9. The molecule has 2 atom stereocenters. The van der Waals surface area contributed by atoms with Crippen LogP contribution in [0.25, 0.3) is 0 Å². The Balaban J connectivity index is 2.77. The van der Waals surface area contributed by atoms with Crippen molar-refractivity contribution in [1.82, 2.24) is 5.32 Å². The highest BCUT2D eigenvalue weighted by Gasteiger charge is 2.17. The van der Waals surface area contributed by atoms with Crippen LogP contribution < -0.4 is 10.1 Å². The average molecular weight is 277 g/mol. The summed E-state index contributed by atoms with van der Waals surface area (Å²) in [4.78, 5) is 0. The van der Waals surface area contributed by atoms with Gasteiger partial charge in [-0.15, -0.1) is 0 Å². The molecule has 0 saturated heterocycles. The van der Waals surface area contributed by atoms with Crippen LogP contribution in [0.2, 0.25) is 0 Å². The molecule has 1 rings (SSSR count). The largest absolute Gasteiger partial charge is 0.489 e. The molecular weight excluding hydrogens is 246 g/mol. The van der Waals surface area contributed by atoms with Gasteiger partial charge in [0.15, 0.2) is 0 Å². The van der Waals surface area contributed by atoms with Crippen LogP contribution in [0, 0.1) is 5.92 Å². The second-order valence-electron chi connectivity index (χ2n) is 5.95. The molecular formula is C18H31NO. The molecule has 0 amide bonds. The molecule has 0 heterocycles. The van der Waals surface area contributed by atoms with Gasteiger partial charge in [0.05, 0.1) is 0 Å². The van der Waals surface area contributed by atoms with Crippen LogP contribution in [-0.4, -0.2) is 19.2 Å². The van der Waals surface area contributed by atoms with Gasteiger partial charge in [-0.05, 0) is 42.9 Å². The van der Waals surface area contributed by atoms with E-state index in [2.05, 4.69) is 64.2 Å². The highest BCUT2D eigenvalue weighted by Crippen LogP contribution is 2.29. The zero-order valence-corrected chi connectivity index (χ0v) is 13.8. The van der Waals surface area contributed by atoms with Crippen molar-refractivity contribution in [3.05, 3.63) is 29.8 Å². The minimum absolute atomic E-state index is 0.228. The summed E-state index contributed by atoms with van der Waals surface area (Å²) in [5.41, 5.74) is 1.33. The molecule has 0 aromatic heterocycles. The van der Waals surface area contributed by atoms with E-state index in [4.69, 9.17) is 4.74 Å². The van der Waals surface area contributed by atoms with Crippen molar-refractivity contribution in [3.8, 4) is 5.75 Å². The molecule has 0 saturated carbocycles. The highest BCUT2D eigenvalue weighted by atomic mass is 16.5. The van der Waals surface area contributed by atoms with Gasteiger partial charge in [-0.2, -0.15) is 0 Å². The standard InChI is InChI=1S/C18H31NO/c1-6-12-19-13-18(14(3)4)20-17-11-9-8-10-16(17)15(5)7-2/h8-11,14-15,18-19H,6-7,12-13H2,1-5H3. The predicted octanol–water partition coefficient (Wildman–Crippen LogP) is 4.60. The molecule has 1 aromatic carbocycles. The topological polar surface area (TPSA) is 21.3 Å². The van der Waals surface area contributed by atoms with Gasteiger partial charge in [-0.3, -0.25) is 0 Å². The fraction of sp³-hybridized carbons (Fsp3) is 0.667. The van der Waals surface area contributed by atoms with Crippen molar-refractivity contribution in [3.63, 3.8) is 0 Å². The van der Waals surface area contributed by atoms with E-state index in [0.717, 1.165) is 31.7 Å². The maximum absolute atomic E-state index is 6.31. The van der Waals surface area contributed by atoms with Crippen LogP contribution in [0.3, 0.4) is 0 Å². The zero-order chi connectivity index (χ0) is 15.0. The van der Waals surface area contributed by atoms with E-state index in [1.54, 1.807) is 0 Å². The Bertz CT molecular complexity index is 375. The van der Waals surface area contributed by atoms with Crippen molar-refractivity contribution in [2.75, 3.05) is 13.1 Å². The van der Waals surface area contributed by atoms with Gasteiger partial charge in [0.2, 0.25) is 0 Å². The van der Waals surface area contributed by atoms with Crippen molar-refractivity contribution < 1.29 is 4.74 Å². The van der Waals surface area contributed by atoms with E-state index >= 15 is 0 Å². The molecule has 2 unspecified atom stereocenters. The molecule has 0 bridgehead atoms. The molecule has 1 N–H and O–H groups in total. The SMILES string of the molecule is CCCNCC(Oc1ccccc1C(C)CC)C(C)C. The average Bonchev–Trinajstić information content (AvgIpc) is 2.46. The summed E-state index contributed by atoms with van der Waals surface area (Å²) in [6.07, 6.45) is 2.53. The van der Waals surface area contributed by atoms with Crippen LogP contribution in [0.15, 0.2) is 24.3 Å². The molecule has 0 spiro atoms. The van der Waals surface area contributed by atoms with Crippen LogP contribution in [-0.2, 0) is 0 Å². The van der Waals surface area contributed by atoms with Crippen LogP contribution in [0.1, 0.15) is 58.9 Å². The maximum atomic E-state index is 6.31. The van der Waals surface area contributed by atoms with Crippen molar-refractivity contribution in [2.45, 2.75) is 59.5 Å². The molecule has 114 valence electrons. The van der Waals surface area contributed by atoms with Crippen LogP contribution in [0.5, 0.6) is 5.75 Å². The third kappa shape index (κ3) is 5.16. The lowest BCUT2D eigenvalue weighted by Crippen LogP contribution is -2.36. The Labute approximate surface area is 124 Å². The van der Waals surface area contributed by atoms with Gasteiger partial charge in [0.25, 0.3) is 0 Å². The summed E-state index contributed by atoms with van der Waals surface area (Å²) in [5.74, 6) is 2.10. The third-order valence-corrected chi connectivity index (χ3v) is 3.86. The van der Waals surface area contributed by atoms with Gasteiger partial charge >= 0.3 is 0 Å². The Morgan fingerprint density at radius 1 is 1.10 bits per heavy atom. The van der Waals surface area contributed by atoms with Gasteiger partial charge < -0.3 is 10.1 Å². The number of ether oxygens (including phenoxy) is 1. The van der Waals surface area contributed by atoms with E-state index in [9.17, 15) is 0 Å². The first-order chi connectivity index (χ1) is 9.60. The molecule has 0 aliphatic heterocycles. The van der Waals surface area contributed by atoms with Crippen molar-refractivity contribution >= 4 is 0 Å². The van der Waals surface area contributed by atoms with Crippen molar-refractivity contribution in [2.24, 2.45) is 5.92 Å². The summed E-state index contributed by atoms with van der Waals surface area (Å²) >= 11 is 0. The maximum Gasteiger partial charge on any atom is 0.123 e. The molecule has 0 aliphatic rings. The molecule has 2 heteroatoms. The first-order valence-electron chi connectivity index (χ1n) is 8.06. The molecule has 0 radical (unpaired) electrons. The first-order valence-corrected chi connectivity index (χ1v) is 8.06. The molecule has 0 aliphatic carbocycles.